The van der Waals surface area contributed by atoms with E-state index < -0.39 is 0 Å². The van der Waals surface area contributed by atoms with Gasteiger partial charge in [0.2, 0.25) is 0 Å². The lowest BCUT2D eigenvalue weighted by molar-refractivity contribution is 0.395. The van der Waals surface area contributed by atoms with Crippen molar-refractivity contribution in [2.75, 3.05) is 0 Å². The number of aryl methyl sites for hydroxylation is 2. The Balaban J connectivity index is 2.59. The Labute approximate surface area is 112 Å². The van der Waals surface area contributed by atoms with Gasteiger partial charge in [-0.2, -0.15) is 5.10 Å². The van der Waals surface area contributed by atoms with Gasteiger partial charge in [0.05, 0.1) is 5.69 Å². The highest BCUT2D eigenvalue weighted by molar-refractivity contribution is 5.19. The lowest BCUT2D eigenvalue weighted by Crippen LogP contribution is -2.31. The van der Waals surface area contributed by atoms with E-state index in [9.17, 15) is 0 Å². The zero-order valence-corrected chi connectivity index (χ0v) is 12.7. The molecule has 0 fully saturated rings. The summed E-state index contributed by atoms with van der Waals surface area (Å²) >= 11 is 0. The van der Waals surface area contributed by atoms with Crippen molar-refractivity contribution < 1.29 is 0 Å². The molecule has 0 saturated heterocycles. The van der Waals surface area contributed by atoms with Crippen molar-refractivity contribution in [2.24, 2.45) is 7.05 Å². The van der Waals surface area contributed by atoms with Gasteiger partial charge in [-0.05, 0) is 26.7 Å². The molecule has 1 rings (SSSR count). The molecule has 2 unspecified atom stereocenters. The number of rotatable bonds is 8. The molecule has 2 atom stereocenters. The van der Waals surface area contributed by atoms with Crippen molar-refractivity contribution in [2.45, 2.75) is 71.9 Å². The number of hydrogen-bond donors (Lipinski definition) is 1. The summed E-state index contributed by atoms with van der Waals surface area (Å²) in [4.78, 5) is 0. The lowest BCUT2D eigenvalue weighted by atomic mass is 10.0. The Morgan fingerprint density at radius 1 is 1.28 bits per heavy atom. The zero-order valence-electron chi connectivity index (χ0n) is 12.7. The van der Waals surface area contributed by atoms with Crippen LogP contribution in [0.25, 0.3) is 0 Å². The number of hydrogen-bond acceptors (Lipinski definition) is 2. The van der Waals surface area contributed by atoms with Crippen LogP contribution in [0.15, 0.2) is 6.20 Å². The molecule has 0 radical (unpaired) electrons. The van der Waals surface area contributed by atoms with Gasteiger partial charge in [-0.3, -0.25) is 4.68 Å². The summed E-state index contributed by atoms with van der Waals surface area (Å²) in [5, 5.41) is 8.19. The molecule has 3 nitrogen and oxygen atoms in total. The lowest BCUT2D eigenvalue weighted by Gasteiger charge is -2.23. The predicted molar refractivity (Wildman–Crippen MR) is 77.7 cm³/mol. The Bertz CT molecular complexity index is 344. The van der Waals surface area contributed by atoms with Crippen LogP contribution in [0.3, 0.4) is 0 Å². The fourth-order valence-electron chi connectivity index (χ4n) is 2.60. The average molecular weight is 251 g/mol. The van der Waals surface area contributed by atoms with Crippen molar-refractivity contribution in [3.8, 4) is 0 Å². The molecule has 3 heteroatoms. The minimum Gasteiger partial charge on any atom is -0.307 e. The van der Waals surface area contributed by atoms with E-state index >= 15 is 0 Å². The van der Waals surface area contributed by atoms with Crippen LogP contribution in [0.4, 0.5) is 0 Å². The van der Waals surface area contributed by atoms with E-state index in [-0.39, 0.29) is 0 Å². The van der Waals surface area contributed by atoms with Crippen LogP contribution in [0.1, 0.15) is 70.2 Å². The molecule has 0 amide bonds. The maximum atomic E-state index is 4.42. The summed E-state index contributed by atoms with van der Waals surface area (Å²) in [5.74, 6) is 0. The Morgan fingerprint density at radius 3 is 2.50 bits per heavy atom. The summed E-state index contributed by atoms with van der Waals surface area (Å²) in [7, 11) is 1.99. The second kappa shape index (κ2) is 7.57. The fourth-order valence-corrected chi connectivity index (χ4v) is 2.60. The third kappa shape index (κ3) is 4.45. The third-order valence-electron chi connectivity index (χ3n) is 3.55. The van der Waals surface area contributed by atoms with Gasteiger partial charge in [0.1, 0.15) is 0 Å². The van der Waals surface area contributed by atoms with Gasteiger partial charge < -0.3 is 5.32 Å². The minimum absolute atomic E-state index is 0.395. The molecule has 0 spiro atoms. The van der Waals surface area contributed by atoms with E-state index in [4.69, 9.17) is 0 Å². The van der Waals surface area contributed by atoms with Gasteiger partial charge in [-0.15, -0.1) is 0 Å². The summed E-state index contributed by atoms with van der Waals surface area (Å²) < 4.78 is 1.91. The maximum Gasteiger partial charge on any atom is 0.0641 e. The van der Waals surface area contributed by atoms with Gasteiger partial charge in [-0.1, -0.05) is 33.1 Å². The highest BCUT2D eigenvalue weighted by Crippen LogP contribution is 2.18. The molecular weight excluding hydrogens is 222 g/mol. The molecule has 1 N–H and O–H groups in total. The molecule has 0 aromatic carbocycles. The van der Waals surface area contributed by atoms with Crippen LogP contribution in [0.5, 0.6) is 0 Å². The van der Waals surface area contributed by atoms with Gasteiger partial charge in [0.25, 0.3) is 0 Å². The molecule has 0 aliphatic carbocycles. The first-order chi connectivity index (χ1) is 8.58. The summed E-state index contributed by atoms with van der Waals surface area (Å²) in [6.45, 7) is 8.87. The normalized spacial score (nSPS) is 14.7. The van der Waals surface area contributed by atoms with Crippen molar-refractivity contribution in [1.29, 1.82) is 0 Å². The Hall–Kier alpha value is -0.830. The van der Waals surface area contributed by atoms with Gasteiger partial charge in [0, 0.05) is 30.9 Å². The number of nitrogens with zero attached hydrogens (tertiary/aromatic N) is 2. The number of nitrogens with one attached hydrogen (secondary N) is 1. The SMILES string of the molecule is CCCCC(CCC)NC(C)c1cn(C)nc1C. The first kappa shape index (κ1) is 15.2. The standard InChI is InChI=1S/C15H29N3/c1-6-8-10-14(9-7-2)16-12(3)15-11-18(5)17-13(15)4/h11-12,14,16H,6-10H2,1-5H3. The summed E-state index contributed by atoms with van der Waals surface area (Å²) in [6, 6.07) is 1.04. The average Bonchev–Trinajstić information content (AvgIpc) is 2.65. The monoisotopic (exact) mass is 251 g/mol. The summed E-state index contributed by atoms with van der Waals surface area (Å²) in [5.41, 5.74) is 2.47. The molecule has 0 saturated carbocycles. The molecule has 18 heavy (non-hydrogen) atoms. The van der Waals surface area contributed by atoms with Crippen LogP contribution < -0.4 is 5.32 Å². The number of aromatic nitrogens is 2. The van der Waals surface area contributed by atoms with Crippen molar-refractivity contribution >= 4 is 0 Å². The molecule has 1 aromatic rings. The number of unbranched alkanes of at least 4 members (excludes halogenated alkanes) is 1. The van der Waals surface area contributed by atoms with E-state index in [0.29, 0.717) is 12.1 Å². The topological polar surface area (TPSA) is 29.9 Å². The van der Waals surface area contributed by atoms with Crippen LogP contribution >= 0.6 is 0 Å². The van der Waals surface area contributed by atoms with Crippen LogP contribution in [0, 0.1) is 6.92 Å². The minimum atomic E-state index is 0.395. The highest BCUT2D eigenvalue weighted by Gasteiger charge is 2.15. The molecular formula is C15H29N3. The third-order valence-corrected chi connectivity index (χ3v) is 3.55. The first-order valence-corrected chi connectivity index (χ1v) is 7.34. The second-order valence-electron chi connectivity index (χ2n) is 5.36. The van der Waals surface area contributed by atoms with Gasteiger partial charge in [-0.25, -0.2) is 0 Å². The zero-order chi connectivity index (χ0) is 13.5. The summed E-state index contributed by atoms with van der Waals surface area (Å²) in [6.07, 6.45) is 8.53. The predicted octanol–water partition coefficient (Wildman–Crippen LogP) is 3.74. The van der Waals surface area contributed by atoms with E-state index in [1.165, 1.54) is 37.7 Å². The highest BCUT2D eigenvalue weighted by atomic mass is 15.3. The van der Waals surface area contributed by atoms with E-state index in [1.807, 2.05) is 11.7 Å². The quantitative estimate of drug-likeness (QED) is 0.763. The molecule has 0 aliphatic rings. The van der Waals surface area contributed by atoms with Crippen LogP contribution in [-0.2, 0) is 7.05 Å². The van der Waals surface area contributed by atoms with Crippen LogP contribution in [-0.4, -0.2) is 15.8 Å². The van der Waals surface area contributed by atoms with Crippen molar-refractivity contribution in [1.82, 2.24) is 15.1 Å². The largest absolute Gasteiger partial charge is 0.307 e. The molecule has 0 aliphatic heterocycles. The maximum absolute atomic E-state index is 4.42. The van der Waals surface area contributed by atoms with E-state index in [2.05, 4.69) is 44.3 Å². The molecule has 1 aromatic heterocycles. The van der Waals surface area contributed by atoms with Gasteiger partial charge >= 0.3 is 0 Å². The molecule has 1 heterocycles. The fraction of sp³-hybridized carbons (Fsp3) is 0.800. The Kier molecular flexibility index (Phi) is 6.41. The van der Waals surface area contributed by atoms with E-state index in [1.54, 1.807) is 0 Å². The molecule has 0 bridgehead atoms. The Morgan fingerprint density at radius 2 is 2.00 bits per heavy atom. The van der Waals surface area contributed by atoms with Crippen molar-refractivity contribution in [3.05, 3.63) is 17.5 Å². The second-order valence-corrected chi connectivity index (χ2v) is 5.36. The van der Waals surface area contributed by atoms with Crippen molar-refractivity contribution in [3.63, 3.8) is 0 Å². The molecule has 104 valence electrons. The smallest absolute Gasteiger partial charge is 0.0641 e. The first-order valence-electron chi connectivity index (χ1n) is 7.34. The van der Waals surface area contributed by atoms with Gasteiger partial charge in [0.15, 0.2) is 0 Å². The van der Waals surface area contributed by atoms with Crippen LogP contribution in [0.2, 0.25) is 0 Å². The van der Waals surface area contributed by atoms with E-state index in [0.717, 1.165) is 5.69 Å².